The molecule has 0 spiro atoms. The molecule has 0 fully saturated rings. The van der Waals surface area contributed by atoms with E-state index in [9.17, 15) is 0 Å². The minimum absolute atomic E-state index is 0.603. The number of rotatable bonds is 6. The third kappa shape index (κ3) is 2.97. The Hall–Kier alpha value is -2.14. The van der Waals surface area contributed by atoms with Crippen molar-refractivity contribution >= 4 is 10.9 Å². The summed E-state index contributed by atoms with van der Waals surface area (Å²) < 4.78 is 7.23. The van der Waals surface area contributed by atoms with Gasteiger partial charge in [-0.3, -0.25) is 0 Å². The van der Waals surface area contributed by atoms with E-state index in [2.05, 4.69) is 57.4 Å². The highest BCUT2D eigenvalue weighted by Crippen LogP contribution is 2.21. The molecule has 0 unspecified atom stereocenters. The molecule has 1 N–H and O–H groups in total. The molecule has 2 aromatic heterocycles. The number of aryl methyl sites for hydroxylation is 1. The second-order valence-electron chi connectivity index (χ2n) is 5.21. The molecule has 0 radical (unpaired) electrons. The van der Waals surface area contributed by atoms with E-state index >= 15 is 0 Å². The molecule has 0 saturated heterocycles. The Morgan fingerprint density at radius 1 is 1.29 bits per heavy atom. The summed E-state index contributed by atoms with van der Waals surface area (Å²) in [4.78, 5) is 4.28. The predicted molar refractivity (Wildman–Crippen MR) is 82.1 cm³/mol. The highest BCUT2D eigenvalue weighted by atomic mass is 16.5. The standard InChI is InChI=1S/C16H20N4O/c1-3-8-17-10-14-6-4-5-13-7-9-20(16(13)14)11-15-18-12(2)21-19-15/h4-7,9,17H,3,8,10-11H2,1-2H3. The van der Waals surface area contributed by atoms with Crippen molar-refractivity contribution in [3.05, 3.63) is 47.7 Å². The van der Waals surface area contributed by atoms with E-state index in [1.165, 1.54) is 16.5 Å². The van der Waals surface area contributed by atoms with Crippen LogP contribution < -0.4 is 5.32 Å². The Morgan fingerprint density at radius 2 is 2.19 bits per heavy atom. The molecule has 3 aromatic rings. The van der Waals surface area contributed by atoms with Crippen molar-refractivity contribution in [2.24, 2.45) is 0 Å². The summed E-state index contributed by atoms with van der Waals surface area (Å²) in [7, 11) is 0. The average molecular weight is 284 g/mol. The third-order valence-corrected chi connectivity index (χ3v) is 3.50. The predicted octanol–water partition coefficient (Wildman–Crippen LogP) is 2.88. The first-order valence-electron chi connectivity index (χ1n) is 7.34. The fourth-order valence-corrected chi connectivity index (χ4v) is 2.57. The van der Waals surface area contributed by atoms with E-state index in [1.807, 2.05) is 6.92 Å². The van der Waals surface area contributed by atoms with Crippen LogP contribution in [0.25, 0.3) is 10.9 Å². The van der Waals surface area contributed by atoms with Crippen LogP contribution in [0.2, 0.25) is 0 Å². The van der Waals surface area contributed by atoms with E-state index in [0.717, 1.165) is 19.5 Å². The van der Waals surface area contributed by atoms with Gasteiger partial charge < -0.3 is 14.4 Å². The number of hydrogen-bond acceptors (Lipinski definition) is 4. The van der Waals surface area contributed by atoms with Gasteiger partial charge in [-0.05, 0) is 30.0 Å². The highest BCUT2D eigenvalue weighted by molar-refractivity contribution is 5.83. The number of fused-ring (bicyclic) bond motifs is 1. The summed E-state index contributed by atoms with van der Waals surface area (Å²) in [5.74, 6) is 1.31. The van der Waals surface area contributed by atoms with Crippen LogP contribution in [0.4, 0.5) is 0 Å². The summed E-state index contributed by atoms with van der Waals surface area (Å²) in [6.07, 6.45) is 3.22. The topological polar surface area (TPSA) is 55.9 Å². The van der Waals surface area contributed by atoms with E-state index in [1.54, 1.807) is 0 Å². The van der Waals surface area contributed by atoms with E-state index in [4.69, 9.17) is 4.52 Å². The number of nitrogens with one attached hydrogen (secondary N) is 1. The van der Waals surface area contributed by atoms with Crippen LogP contribution in [0.15, 0.2) is 35.0 Å². The molecule has 0 amide bonds. The van der Waals surface area contributed by atoms with Gasteiger partial charge in [-0.2, -0.15) is 4.98 Å². The van der Waals surface area contributed by atoms with Crippen LogP contribution in [-0.4, -0.2) is 21.3 Å². The minimum Gasteiger partial charge on any atom is -0.340 e. The second kappa shape index (κ2) is 6.10. The van der Waals surface area contributed by atoms with E-state index in [-0.39, 0.29) is 0 Å². The molecule has 110 valence electrons. The van der Waals surface area contributed by atoms with Gasteiger partial charge in [0.2, 0.25) is 5.89 Å². The lowest BCUT2D eigenvalue weighted by molar-refractivity contribution is 0.386. The molecule has 5 heteroatoms. The second-order valence-corrected chi connectivity index (χ2v) is 5.21. The van der Waals surface area contributed by atoms with Crippen LogP contribution in [0.1, 0.15) is 30.6 Å². The summed E-state index contributed by atoms with van der Waals surface area (Å²) in [6.45, 7) is 6.52. The summed E-state index contributed by atoms with van der Waals surface area (Å²) in [6, 6.07) is 8.54. The minimum atomic E-state index is 0.603. The zero-order valence-electron chi connectivity index (χ0n) is 12.5. The van der Waals surface area contributed by atoms with Gasteiger partial charge in [0.25, 0.3) is 0 Å². The normalized spacial score (nSPS) is 11.3. The first-order valence-corrected chi connectivity index (χ1v) is 7.34. The molecule has 1 aromatic carbocycles. The van der Waals surface area contributed by atoms with Crippen LogP contribution in [-0.2, 0) is 13.1 Å². The SMILES string of the molecule is CCCNCc1cccc2ccn(Cc3noc(C)n3)c12. The first-order chi connectivity index (χ1) is 10.3. The molecule has 0 atom stereocenters. The molecule has 0 bridgehead atoms. The third-order valence-electron chi connectivity index (χ3n) is 3.50. The number of hydrogen-bond donors (Lipinski definition) is 1. The van der Waals surface area contributed by atoms with Gasteiger partial charge in [0.05, 0.1) is 12.1 Å². The number of para-hydroxylation sites is 1. The molecule has 0 saturated carbocycles. The van der Waals surface area contributed by atoms with Gasteiger partial charge in [-0.1, -0.05) is 30.3 Å². The molecule has 0 aliphatic carbocycles. The Balaban J connectivity index is 1.91. The van der Waals surface area contributed by atoms with E-state index in [0.29, 0.717) is 18.3 Å². The van der Waals surface area contributed by atoms with Gasteiger partial charge >= 0.3 is 0 Å². The maximum absolute atomic E-state index is 5.05. The van der Waals surface area contributed by atoms with Crippen molar-refractivity contribution in [1.29, 1.82) is 0 Å². The van der Waals surface area contributed by atoms with Crippen molar-refractivity contribution in [2.75, 3.05) is 6.54 Å². The summed E-state index contributed by atoms with van der Waals surface area (Å²) in [5, 5.41) is 8.69. The van der Waals surface area contributed by atoms with Gasteiger partial charge in [-0.15, -0.1) is 0 Å². The number of nitrogens with zero attached hydrogens (tertiary/aromatic N) is 3. The lowest BCUT2D eigenvalue weighted by Crippen LogP contribution is -2.14. The molecular weight excluding hydrogens is 264 g/mol. The van der Waals surface area contributed by atoms with Crippen molar-refractivity contribution in [2.45, 2.75) is 33.4 Å². The van der Waals surface area contributed by atoms with Gasteiger partial charge in [0, 0.05) is 19.7 Å². The zero-order chi connectivity index (χ0) is 14.7. The van der Waals surface area contributed by atoms with Crippen molar-refractivity contribution in [3.8, 4) is 0 Å². The smallest absolute Gasteiger partial charge is 0.223 e. The maximum atomic E-state index is 5.05. The van der Waals surface area contributed by atoms with Crippen molar-refractivity contribution < 1.29 is 4.52 Å². The van der Waals surface area contributed by atoms with Gasteiger partial charge in [-0.25, -0.2) is 0 Å². The quantitative estimate of drug-likeness (QED) is 0.707. The maximum Gasteiger partial charge on any atom is 0.223 e. The van der Waals surface area contributed by atoms with Crippen molar-refractivity contribution in [1.82, 2.24) is 20.0 Å². The Morgan fingerprint density at radius 3 is 2.95 bits per heavy atom. The first kappa shape index (κ1) is 13.8. The molecule has 5 nitrogen and oxygen atoms in total. The molecule has 0 aliphatic rings. The lowest BCUT2D eigenvalue weighted by Gasteiger charge is -2.09. The van der Waals surface area contributed by atoms with Crippen LogP contribution >= 0.6 is 0 Å². The molecule has 3 rings (SSSR count). The number of benzene rings is 1. The summed E-state index contributed by atoms with van der Waals surface area (Å²) in [5.41, 5.74) is 2.54. The molecule has 0 aliphatic heterocycles. The van der Waals surface area contributed by atoms with Crippen LogP contribution in [0, 0.1) is 6.92 Å². The van der Waals surface area contributed by atoms with E-state index < -0.39 is 0 Å². The fourth-order valence-electron chi connectivity index (χ4n) is 2.57. The summed E-state index contributed by atoms with van der Waals surface area (Å²) >= 11 is 0. The largest absolute Gasteiger partial charge is 0.340 e. The monoisotopic (exact) mass is 284 g/mol. The average Bonchev–Trinajstić information content (AvgIpc) is 3.07. The van der Waals surface area contributed by atoms with Crippen LogP contribution in [0.3, 0.4) is 0 Å². The van der Waals surface area contributed by atoms with Gasteiger partial charge in [0.15, 0.2) is 5.82 Å². The van der Waals surface area contributed by atoms with Crippen molar-refractivity contribution in [3.63, 3.8) is 0 Å². The Bertz CT molecular complexity index is 729. The lowest BCUT2D eigenvalue weighted by atomic mass is 10.1. The van der Waals surface area contributed by atoms with Crippen LogP contribution in [0.5, 0.6) is 0 Å². The zero-order valence-corrected chi connectivity index (χ0v) is 12.5. The molecule has 2 heterocycles. The Labute approximate surface area is 124 Å². The molecule has 21 heavy (non-hydrogen) atoms. The molecular formula is C16H20N4O. The fraction of sp³-hybridized carbons (Fsp3) is 0.375. The number of aromatic nitrogens is 3. The van der Waals surface area contributed by atoms with Gasteiger partial charge in [0.1, 0.15) is 0 Å². The Kier molecular flexibility index (Phi) is 4.01. The highest BCUT2D eigenvalue weighted by Gasteiger charge is 2.09.